The van der Waals surface area contributed by atoms with Gasteiger partial charge in [-0.05, 0) is 55.0 Å². The maximum Gasteiger partial charge on any atom is 0.335 e. The zero-order valence-electron chi connectivity index (χ0n) is 25.9. The van der Waals surface area contributed by atoms with E-state index in [1.54, 1.807) is 31.2 Å². The Bertz CT molecular complexity index is 1880. The Morgan fingerprint density at radius 2 is 1.16 bits per heavy atom. The highest BCUT2D eigenvalue weighted by Crippen LogP contribution is 2.34. The molecular formula is C32H33N5O12. The van der Waals surface area contributed by atoms with E-state index in [9.17, 15) is 49.5 Å². The number of nitrogens with zero attached hydrogens (tertiary/aromatic N) is 2. The number of aromatic amines is 1. The number of nitrogen functional groups attached to an aromatic ring is 2. The van der Waals surface area contributed by atoms with Crippen LogP contribution in [0.1, 0.15) is 15.9 Å². The third-order valence-corrected chi connectivity index (χ3v) is 7.18. The minimum absolute atomic E-state index is 0.0135. The van der Waals surface area contributed by atoms with E-state index in [1.807, 2.05) is 0 Å². The molecule has 17 heteroatoms. The van der Waals surface area contributed by atoms with E-state index in [1.165, 1.54) is 36.4 Å². The van der Waals surface area contributed by atoms with Crippen LogP contribution in [0.15, 0.2) is 60.7 Å². The minimum atomic E-state index is -1.83. The number of hydrogen-bond donors (Lipinski definition) is 8. The highest BCUT2D eigenvalue weighted by atomic mass is 16.6. The number of hydrogen-bond acceptors (Lipinski definition) is 11. The van der Waals surface area contributed by atoms with Crippen LogP contribution in [0, 0.1) is 6.92 Å². The van der Waals surface area contributed by atoms with Crippen molar-refractivity contribution in [2.45, 2.75) is 19.4 Å². The molecule has 4 aromatic rings. The number of carboxylic acids is 5. The summed E-state index contributed by atoms with van der Waals surface area (Å²) in [4.78, 5) is 64.1. The second-order valence-corrected chi connectivity index (χ2v) is 11.0. The number of fused-ring (bicyclic) bond motifs is 1. The van der Waals surface area contributed by atoms with Gasteiger partial charge in [-0.1, -0.05) is 18.2 Å². The van der Waals surface area contributed by atoms with E-state index in [0.717, 1.165) is 9.80 Å². The first-order valence-corrected chi connectivity index (χ1v) is 14.4. The van der Waals surface area contributed by atoms with E-state index in [4.69, 9.17) is 20.9 Å². The molecule has 0 fully saturated rings. The molecule has 3 aromatic carbocycles. The zero-order chi connectivity index (χ0) is 36.0. The topological polar surface area (TPSA) is 279 Å². The van der Waals surface area contributed by atoms with Crippen LogP contribution in [0.2, 0.25) is 0 Å². The summed E-state index contributed by atoms with van der Waals surface area (Å²) in [5, 5.41) is 49.0. The van der Waals surface area contributed by atoms with Gasteiger partial charge in [-0.25, -0.2) is 14.6 Å². The lowest BCUT2D eigenvalue weighted by molar-refractivity contribution is -0.167. The van der Waals surface area contributed by atoms with E-state index >= 15 is 0 Å². The average Bonchev–Trinajstić information content (AvgIpc) is 3.43. The molecule has 2 unspecified atom stereocenters. The van der Waals surface area contributed by atoms with Crippen molar-refractivity contribution < 1.29 is 59.0 Å². The summed E-state index contributed by atoms with van der Waals surface area (Å²) in [6.07, 6.45) is -3.63. The number of rotatable bonds is 17. The first kappa shape index (κ1) is 35.5. The van der Waals surface area contributed by atoms with Gasteiger partial charge in [0.25, 0.3) is 0 Å². The number of nitrogens with two attached hydrogens (primary N) is 2. The van der Waals surface area contributed by atoms with Crippen molar-refractivity contribution >= 4 is 52.1 Å². The Labute approximate surface area is 277 Å². The van der Waals surface area contributed by atoms with E-state index < -0.39 is 68.5 Å². The van der Waals surface area contributed by atoms with Gasteiger partial charge in [0.1, 0.15) is 37.7 Å². The molecule has 0 aliphatic rings. The van der Waals surface area contributed by atoms with E-state index in [2.05, 4.69) is 4.98 Å². The molecule has 17 nitrogen and oxygen atoms in total. The molecular weight excluding hydrogens is 646 g/mol. The number of aliphatic carboxylic acids is 4. The van der Waals surface area contributed by atoms with E-state index in [0.29, 0.717) is 27.7 Å². The average molecular weight is 680 g/mol. The van der Waals surface area contributed by atoms with Crippen LogP contribution in [0.5, 0.6) is 11.5 Å². The first-order valence-electron chi connectivity index (χ1n) is 14.4. The Kier molecular flexibility index (Phi) is 10.9. The SMILES string of the molecule is Cc1ccc(N)c(OC(C(Oc2cc(-c3cc4ccc(C(=O)O)cc4[nH]3)ccc2N)N(CC(=O)O)CC(=O)O)N(CC(=O)O)CC(=O)O)c1. The fourth-order valence-corrected chi connectivity index (χ4v) is 5.02. The maximum absolute atomic E-state index is 12.0. The number of aryl methyl sites for hydroxylation is 1. The number of aromatic nitrogens is 1. The van der Waals surface area contributed by atoms with Crippen molar-refractivity contribution in [3.63, 3.8) is 0 Å². The second kappa shape index (κ2) is 15.1. The molecule has 2 atom stereocenters. The summed E-state index contributed by atoms with van der Waals surface area (Å²) in [5.74, 6) is -7.27. The van der Waals surface area contributed by atoms with Crippen molar-refractivity contribution in [3.05, 3.63) is 71.8 Å². The zero-order valence-corrected chi connectivity index (χ0v) is 25.9. The van der Waals surface area contributed by atoms with Crippen LogP contribution in [0.4, 0.5) is 11.4 Å². The first-order chi connectivity index (χ1) is 23.1. The lowest BCUT2D eigenvalue weighted by Crippen LogP contribution is -2.60. The lowest BCUT2D eigenvalue weighted by Gasteiger charge is -2.40. The van der Waals surface area contributed by atoms with Gasteiger partial charge >= 0.3 is 29.8 Å². The predicted octanol–water partition coefficient (Wildman–Crippen LogP) is 2.06. The fourth-order valence-electron chi connectivity index (χ4n) is 5.02. The standard InChI is InChI=1S/C32H33N5O12/c1-16-2-6-20(33)24(8-16)48-30(36(12-26(38)39)13-27(40)41)31(37(14-28(42)43)15-29(44)45)49-25-11-18(5-7-21(25)34)22-9-17-3-4-19(32(46)47)10-23(17)35-22/h2-11,30-31,35H,12-15,33-34H2,1H3,(H,38,39)(H,40,41)(H,42,43)(H,44,45)(H,46,47). The van der Waals surface area contributed by atoms with Crippen LogP contribution in [0.3, 0.4) is 0 Å². The minimum Gasteiger partial charge on any atom is -0.480 e. The summed E-state index contributed by atoms with van der Waals surface area (Å²) in [7, 11) is 0. The van der Waals surface area contributed by atoms with Crippen molar-refractivity contribution in [1.29, 1.82) is 0 Å². The Morgan fingerprint density at radius 3 is 1.65 bits per heavy atom. The highest BCUT2D eigenvalue weighted by molar-refractivity contribution is 5.95. The quantitative estimate of drug-likeness (QED) is 0.0585. The van der Waals surface area contributed by atoms with Gasteiger partial charge in [0.15, 0.2) is 0 Å². The smallest absolute Gasteiger partial charge is 0.335 e. The molecule has 10 N–H and O–H groups in total. The van der Waals surface area contributed by atoms with Crippen LogP contribution in [0.25, 0.3) is 22.2 Å². The van der Waals surface area contributed by atoms with Crippen LogP contribution < -0.4 is 20.9 Å². The van der Waals surface area contributed by atoms with Crippen LogP contribution in [-0.2, 0) is 19.2 Å². The molecule has 0 radical (unpaired) electrons. The largest absolute Gasteiger partial charge is 0.480 e. The van der Waals surface area contributed by atoms with Crippen molar-refractivity contribution in [2.24, 2.45) is 0 Å². The third-order valence-electron chi connectivity index (χ3n) is 7.18. The fraction of sp³-hybridized carbons (Fsp3) is 0.219. The number of aromatic carboxylic acids is 1. The monoisotopic (exact) mass is 679 g/mol. The Hall–Kier alpha value is -6.33. The van der Waals surface area contributed by atoms with Crippen molar-refractivity contribution in [3.8, 4) is 22.8 Å². The number of carboxylic acid groups (broad SMARTS) is 5. The van der Waals surface area contributed by atoms with Crippen molar-refractivity contribution in [1.82, 2.24) is 14.8 Å². The summed E-state index contributed by atoms with van der Waals surface area (Å²) in [6, 6.07) is 15.3. The molecule has 0 aliphatic heterocycles. The molecule has 258 valence electrons. The number of carbonyl (C=O) groups is 5. The van der Waals surface area contributed by atoms with Crippen LogP contribution in [-0.4, -0.2) is 109 Å². The molecule has 0 bridgehead atoms. The molecule has 0 amide bonds. The Balaban J connectivity index is 1.89. The Morgan fingerprint density at radius 1 is 0.673 bits per heavy atom. The molecule has 1 aromatic heterocycles. The molecule has 1 heterocycles. The van der Waals surface area contributed by atoms with Gasteiger partial charge in [0.2, 0.25) is 12.5 Å². The lowest BCUT2D eigenvalue weighted by atomic mass is 10.1. The highest BCUT2D eigenvalue weighted by Gasteiger charge is 2.40. The summed E-state index contributed by atoms with van der Waals surface area (Å²) in [5.41, 5.74) is 14.6. The molecule has 49 heavy (non-hydrogen) atoms. The molecule has 0 aliphatic carbocycles. The summed E-state index contributed by atoms with van der Waals surface area (Å²) >= 11 is 0. The molecule has 4 rings (SSSR count). The van der Waals surface area contributed by atoms with Gasteiger partial charge in [-0.2, -0.15) is 0 Å². The summed E-state index contributed by atoms with van der Waals surface area (Å²) < 4.78 is 12.4. The molecule has 0 spiro atoms. The van der Waals surface area contributed by atoms with Gasteiger partial charge in [-0.15, -0.1) is 0 Å². The number of anilines is 2. The van der Waals surface area contributed by atoms with Gasteiger partial charge in [0, 0.05) is 22.2 Å². The van der Waals surface area contributed by atoms with Crippen molar-refractivity contribution in [2.75, 3.05) is 37.6 Å². The number of H-pyrrole nitrogens is 1. The number of nitrogens with one attached hydrogen (secondary N) is 1. The van der Waals surface area contributed by atoms with Gasteiger partial charge in [-0.3, -0.25) is 19.2 Å². The molecule has 0 saturated heterocycles. The van der Waals surface area contributed by atoms with Gasteiger partial charge in [0.05, 0.1) is 16.9 Å². The third kappa shape index (κ3) is 9.15. The number of benzene rings is 3. The van der Waals surface area contributed by atoms with Crippen LogP contribution >= 0.6 is 0 Å². The number of ether oxygens (including phenoxy) is 2. The normalized spacial score (nSPS) is 12.5. The predicted molar refractivity (Wildman–Crippen MR) is 173 cm³/mol. The summed E-state index contributed by atoms with van der Waals surface area (Å²) in [6.45, 7) is -2.16. The van der Waals surface area contributed by atoms with Gasteiger partial charge < -0.3 is 51.5 Å². The van der Waals surface area contributed by atoms with E-state index in [-0.39, 0.29) is 28.4 Å². The second-order valence-electron chi connectivity index (χ2n) is 11.0. The molecule has 0 saturated carbocycles. The maximum atomic E-state index is 12.0.